The second-order valence-corrected chi connectivity index (χ2v) is 7.01. The van der Waals surface area contributed by atoms with Gasteiger partial charge in [0.25, 0.3) is 0 Å². The number of amides is 1. The number of rotatable bonds is 3. The van der Waals surface area contributed by atoms with Crippen LogP contribution in [0.1, 0.15) is 38.2 Å². The summed E-state index contributed by atoms with van der Waals surface area (Å²) in [4.78, 5) is 14.9. The van der Waals surface area contributed by atoms with Gasteiger partial charge in [-0.15, -0.1) is 12.4 Å². The maximum Gasteiger partial charge on any atom is 0.233 e. The number of piperidine rings is 1. The van der Waals surface area contributed by atoms with Crippen molar-refractivity contribution in [3.8, 4) is 0 Å². The molecule has 1 aromatic carbocycles. The molecule has 1 saturated carbocycles. The van der Waals surface area contributed by atoms with Gasteiger partial charge in [-0.3, -0.25) is 4.79 Å². The van der Waals surface area contributed by atoms with Gasteiger partial charge in [0.15, 0.2) is 0 Å². The highest BCUT2D eigenvalue weighted by Gasteiger charge is 2.53. The van der Waals surface area contributed by atoms with Gasteiger partial charge >= 0.3 is 0 Å². The lowest BCUT2D eigenvalue weighted by Gasteiger charge is -2.36. The maximum atomic E-state index is 12.9. The van der Waals surface area contributed by atoms with Crippen LogP contribution in [0.15, 0.2) is 24.3 Å². The molecule has 2 aliphatic rings. The van der Waals surface area contributed by atoms with E-state index in [0.29, 0.717) is 11.8 Å². The molecule has 1 aromatic rings. The number of hydrogen-bond acceptors (Lipinski definition) is 2. The minimum absolute atomic E-state index is 0. The van der Waals surface area contributed by atoms with Crippen LogP contribution in [0.2, 0.25) is 5.02 Å². The highest BCUT2D eigenvalue weighted by Crippen LogP contribution is 2.50. The third-order valence-corrected chi connectivity index (χ3v) is 5.38. The van der Waals surface area contributed by atoms with E-state index < -0.39 is 0 Å². The summed E-state index contributed by atoms with van der Waals surface area (Å²) in [7, 11) is 0. The Morgan fingerprint density at radius 1 is 1.27 bits per heavy atom. The van der Waals surface area contributed by atoms with Crippen LogP contribution in [-0.4, -0.2) is 29.9 Å². The topological polar surface area (TPSA) is 46.3 Å². The number of halogens is 2. The van der Waals surface area contributed by atoms with Crippen LogP contribution in [0.4, 0.5) is 0 Å². The molecule has 0 radical (unpaired) electrons. The van der Waals surface area contributed by atoms with Crippen molar-refractivity contribution in [1.29, 1.82) is 0 Å². The summed E-state index contributed by atoms with van der Waals surface area (Å²) in [5, 5.41) is 0.722. The van der Waals surface area contributed by atoms with Crippen molar-refractivity contribution in [2.45, 2.75) is 44.1 Å². The van der Waals surface area contributed by atoms with E-state index in [2.05, 4.69) is 6.92 Å². The monoisotopic (exact) mass is 342 g/mol. The van der Waals surface area contributed by atoms with Crippen molar-refractivity contribution in [3.05, 3.63) is 34.9 Å². The Labute approximate surface area is 143 Å². The van der Waals surface area contributed by atoms with Crippen molar-refractivity contribution in [2.24, 2.45) is 11.7 Å². The van der Waals surface area contributed by atoms with Gasteiger partial charge in [-0.2, -0.15) is 0 Å². The van der Waals surface area contributed by atoms with Gasteiger partial charge in [-0.05, 0) is 56.2 Å². The Hall–Kier alpha value is -0.770. The molecule has 1 heterocycles. The van der Waals surface area contributed by atoms with Gasteiger partial charge in [-0.25, -0.2) is 0 Å². The molecule has 0 bridgehead atoms. The van der Waals surface area contributed by atoms with E-state index in [9.17, 15) is 4.79 Å². The fraction of sp³-hybridized carbons (Fsp3) is 0.588. The van der Waals surface area contributed by atoms with Crippen LogP contribution in [0.25, 0.3) is 0 Å². The van der Waals surface area contributed by atoms with Gasteiger partial charge in [0, 0.05) is 24.2 Å². The molecular weight excluding hydrogens is 319 g/mol. The SMILES string of the molecule is CC(N)C1CCN(C(=O)C2(c3ccc(Cl)cc3)CC2)CC1.Cl. The fourth-order valence-electron chi connectivity index (χ4n) is 3.45. The van der Waals surface area contributed by atoms with Crippen molar-refractivity contribution in [2.75, 3.05) is 13.1 Å². The number of nitrogens with zero attached hydrogens (tertiary/aromatic N) is 1. The molecule has 1 saturated heterocycles. The molecule has 3 rings (SSSR count). The highest BCUT2D eigenvalue weighted by atomic mass is 35.5. The molecule has 0 aromatic heterocycles. The Morgan fingerprint density at radius 3 is 2.27 bits per heavy atom. The molecule has 2 N–H and O–H groups in total. The molecule has 1 aliphatic carbocycles. The summed E-state index contributed by atoms with van der Waals surface area (Å²) < 4.78 is 0. The molecule has 0 spiro atoms. The lowest BCUT2D eigenvalue weighted by atomic mass is 9.88. The van der Waals surface area contributed by atoms with Crippen LogP contribution in [0.5, 0.6) is 0 Å². The zero-order chi connectivity index (χ0) is 15.0. The van der Waals surface area contributed by atoms with Gasteiger partial charge in [0.2, 0.25) is 5.91 Å². The zero-order valence-electron chi connectivity index (χ0n) is 12.9. The number of hydrogen-bond donors (Lipinski definition) is 1. The molecule has 122 valence electrons. The molecule has 2 fully saturated rings. The minimum Gasteiger partial charge on any atom is -0.342 e. The zero-order valence-corrected chi connectivity index (χ0v) is 14.5. The average Bonchev–Trinajstić information content (AvgIpc) is 3.29. The Bertz CT molecular complexity index is 518. The number of carbonyl (C=O) groups is 1. The van der Waals surface area contributed by atoms with Crippen molar-refractivity contribution in [1.82, 2.24) is 4.90 Å². The van der Waals surface area contributed by atoms with Crippen LogP contribution in [-0.2, 0) is 10.2 Å². The van der Waals surface area contributed by atoms with E-state index in [1.165, 1.54) is 0 Å². The second kappa shape index (κ2) is 6.77. The third-order valence-electron chi connectivity index (χ3n) is 5.13. The standard InChI is InChI=1S/C17H23ClN2O.ClH/c1-12(19)13-6-10-20(11-7-13)16(21)17(8-9-17)14-2-4-15(18)5-3-14;/h2-5,12-13H,6-11,19H2,1H3;1H. The first kappa shape index (κ1) is 17.6. The summed E-state index contributed by atoms with van der Waals surface area (Å²) >= 11 is 5.95. The Kier molecular flexibility index (Phi) is 5.41. The lowest BCUT2D eigenvalue weighted by molar-refractivity contribution is -0.135. The second-order valence-electron chi connectivity index (χ2n) is 6.58. The van der Waals surface area contributed by atoms with Gasteiger partial charge in [0.05, 0.1) is 5.41 Å². The lowest BCUT2D eigenvalue weighted by Crippen LogP contribution is -2.46. The number of carbonyl (C=O) groups excluding carboxylic acids is 1. The van der Waals surface area contributed by atoms with E-state index in [1.807, 2.05) is 29.2 Å². The minimum atomic E-state index is -0.272. The largest absolute Gasteiger partial charge is 0.342 e. The Morgan fingerprint density at radius 2 is 1.82 bits per heavy atom. The Balaban J connectivity index is 0.00000176. The van der Waals surface area contributed by atoms with Gasteiger partial charge in [0.1, 0.15) is 0 Å². The van der Waals surface area contributed by atoms with E-state index in [-0.39, 0.29) is 23.9 Å². The number of nitrogens with two attached hydrogens (primary N) is 1. The van der Waals surface area contributed by atoms with Crippen molar-refractivity contribution < 1.29 is 4.79 Å². The van der Waals surface area contributed by atoms with Crippen molar-refractivity contribution in [3.63, 3.8) is 0 Å². The van der Waals surface area contributed by atoms with Crippen LogP contribution in [0.3, 0.4) is 0 Å². The molecule has 22 heavy (non-hydrogen) atoms. The van der Waals surface area contributed by atoms with Crippen molar-refractivity contribution >= 4 is 29.9 Å². The average molecular weight is 343 g/mol. The van der Waals surface area contributed by atoms with E-state index in [0.717, 1.165) is 49.4 Å². The molecule has 3 nitrogen and oxygen atoms in total. The van der Waals surface area contributed by atoms with E-state index >= 15 is 0 Å². The molecule has 5 heteroatoms. The summed E-state index contributed by atoms with van der Waals surface area (Å²) in [6, 6.07) is 8.00. The molecule has 1 unspecified atom stereocenters. The highest BCUT2D eigenvalue weighted by molar-refractivity contribution is 6.30. The number of benzene rings is 1. The molecule has 1 aliphatic heterocycles. The summed E-state index contributed by atoms with van der Waals surface area (Å²) in [5.74, 6) is 0.854. The first-order chi connectivity index (χ1) is 10.0. The molecule has 1 amide bonds. The van der Waals surface area contributed by atoms with E-state index in [4.69, 9.17) is 17.3 Å². The molecular formula is C17H24Cl2N2O. The fourth-order valence-corrected chi connectivity index (χ4v) is 3.58. The van der Waals surface area contributed by atoms with E-state index in [1.54, 1.807) is 0 Å². The third kappa shape index (κ3) is 3.27. The molecule has 1 atom stereocenters. The van der Waals surface area contributed by atoms with Crippen LogP contribution >= 0.6 is 24.0 Å². The maximum absolute atomic E-state index is 12.9. The quantitative estimate of drug-likeness (QED) is 0.915. The van der Waals surface area contributed by atoms with Gasteiger partial charge in [-0.1, -0.05) is 23.7 Å². The first-order valence-corrected chi connectivity index (χ1v) is 8.22. The summed E-state index contributed by atoms with van der Waals surface area (Å²) in [6.07, 6.45) is 3.97. The van der Waals surface area contributed by atoms with Crippen LogP contribution < -0.4 is 5.73 Å². The number of likely N-dealkylation sites (tertiary alicyclic amines) is 1. The van der Waals surface area contributed by atoms with Crippen LogP contribution in [0, 0.1) is 5.92 Å². The predicted molar refractivity (Wildman–Crippen MR) is 92.6 cm³/mol. The predicted octanol–water partition coefficient (Wildman–Crippen LogP) is 3.38. The summed E-state index contributed by atoms with van der Waals surface area (Å²) in [6.45, 7) is 3.76. The normalized spacial score (nSPS) is 21.9. The smallest absolute Gasteiger partial charge is 0.233 e. The van der Waals surface area contributed by atoms with Gasteiger partial charge < -0.3 is 10.6 Å². The first-order valence-electron chi connectivity index (χ1n) is 7.84. The summed E-state index contributed by atoms with van der Waals surface area (Å²) in [5.41, 5.74) is 6.82.